The van der Waals surface area contributed by atoms with Gasteiger partial charge in [0.1, 0.15) is 17.2 Å². The van der Waals surface area contributed by atoms with Gasteiger partial charge in [-0.25, -0.2) is 0 Å². The van der Waals surface area contributed by atoms with E-state index in [9.17, 15) is 0 Å². The Labute approximate surface area is 155 Å². The van der Waals surface area contributed by atoms with Gasteiger partial charge >= 0.3 is 0 Å². The first kappa shape index (κ1) is 16.5. The van der Waals surface area contributed by atoms with E-state index in [4.69, 9.17) is 9.47 Å². The lowest BCUT2D eigenvalue weighted by Gasteiger charge is -2.06. The van der Waals surface area contributed by atoms with E-state index in [-0.39, 0.29) is 0 Å². The van der Waals surface area contributed by atoms with Crippen LogP contribution in [0, 0.1) is 3.57 Å². The molecule has 3 aromatic rings. The van der Waals surface area contributed by atoms with Crippen LogP contribution in [-0.4, -0.2) is 13.3 Å². The van der Waals surface area contributed by atoms with Gasteiger partial charge in [0.05, 0.1) is 12.8 Å². The number of benzene rings is 3. The van der Waals surface area contributed by atoms with Crippen LogP contribution in [-0.2, 0) is 0 Å². The summed E-state index contributed by atoms with van der Waals surface area (Å²) in [6, 6.07) is 23.3. The van der Waals surface area contributed by atoms with Crippen LogP contribution in [0.1, 0.15) is 5.56 Å². The molecule has 0 aliphatic rings. The Morgan fingerprint density at radius 2 is 1.38 bits per heavy atom. The minimum atomic E-state index is 0.769. The van der Waals surface area contributed by atoms with Crippen molar-refractivity contribution in [2.45, 2.75) is 0 Å². The molecular formula is C20H16INO2. The van der Waals surface area contributed by atoms with Crippen molar-refractivity contribution in [2.24, 2.45) is 4.99 Å². The lowest BCUT2D eigenvalue weighted by Crippen LogP contribution is -1.86. The highest BCUT2D eigenvalue weighted by molar-refractivity contribution is 14.1. The Kier molecular flexibility index (Phi) is 5.48. The summed E-state index contributed by atoms with van der Waals surface area (Å²) in [5, 5.41) is 0. The van der Waals surface area contributed by atoms with Gasteiger partial charge in [0, 0.05) is 15.3 Å². The molecule has 120 valence electrons. The zero-order chi connectivity index (χ0) is 16.8. The summed E-state index contributed by atoms with van der Waals surface area (Å²) in [6.07, 6.45) is 1.88. The minimum absolute atomic E-state index is 0.769. The molecule has 0 amide bonds. The third-order valence-corrected chi connectivity index (χ3v) is 4.37. The third-order valence-electron chi connectivity index (χ3n) is 3.39. The van der Waals surface area contributed by atoms with Crippen LogP contribution >= 0.6 is 22.6 Å². The Morgan fingerprint density at radius 3 is 2.00 bits per heavy atom. The maximum absolute atomic E-state index is 5.81. The van der Waals surface area contributed by atoms with Crippen LogP contribution in [0.25, 0.3) is 0 Å². The maximum Gasteiger partial charge on any atom is 0.127 e. The van der Waals surface area contributed by atoms with E-state index in [0.717, 1.165) is 28.5 Å². The number of aliphatic imine (C=N–C) groups is 1. The zero-order valence-electron chi connectivity index (χ0n) is 13.1. The first-order valence-electron chi connectivity index (χ1n) is 7.45. The zero-order valence-corrected chi connectivity index (χ0v) is 15.3. The SMILES string of the molecule is COc1ccc(Oc2ccc(N=Cc3ccccc3I)cc2)cc1. The summed E-state index contributed by atoms with van der Waals surface area (Å²) >= 11 is 2.31. The second kappa shape index (κ2) is 7.97. The van der Waals surface area contributed by atoms with Crippen molar-refractivity contribution < 1.29 is 9.47 Å². The summed E-state index contributed by atoms with van der Waals surface area (Å²) in [5.41, 5.74) is 1.99. The lowest BCUT2D eigenvalue weighted by molar-refractivity contribution is 0.413. The van der Waals surface area contributed by atoms with E-state index in [2.05, 4.69) is 33.6 Å². The second-order valence-corrected chi connectivity index (χ2v) is 6.21. The Bertz CT molecular complexity index is 827. The molecule has 0 heterocycles. The number of halogens is 1. The van der Waals surface area contributed by atoms with Crippen LogP contribution < -0.4 is 9.47 Å². The number of hydrogen-bond donors (Lipinski definition) is 0. The van der Waals surface area contributed by atoms with Crippen molar-refractivity contribution in [3.63, 3.8) is 0 Å². The molecule has 0 bridgehead atoms. The molecule has 0 aromatic heterocycles. The normalized spacial score (nSPS) is 10.8. The van der Waals surface area contributed by atoms with Crippen LogP contribution in [0.5, 0.6) is 17.2 Å². The van der Waals surface area contributed by atoms with Gasteiger partial charge < -0.3 is 9.47 Å². The molecule has 24 heavy (non-hydrogen) atoms. The predicted molar refractivity (Wildman–Crippen MR) is 106 cm³/mol. The Hall–Kier alpha value is -2.34. The van der Waals surface area contributed by atoms with E-state index in [1.54, 1.807) is 7.11 Å². The monoisotopic (exact) mass is 429 g/mol. The molecule has 4 heteroatoms. The van der Waals surface area contributed by atoms with Gasteiger partial charge in [0.15, 0.2) is 0 Å². The van der Waals surface area contributed by atoms with Gasteiger partial charge in [-0.1, -0.05) is 18.2 Å². The number of hydrogen-bond acceptors (Lipinski definition) is 3. The molecule has 3 rings (SSSR count). The molecule has 0 radical (unpaired) electrons. The highest BCUT2D eigenvalue weighted by Gasteiger charge is 1.99. The Balaban J connectivity index is 1.67. The van der Waals surface area contributed by atoms with Crippen molar-refractivity contribution in [1.82, 2.24) is 0 Å². The maximum atomic E-state index is 5.81. The molecule has 0 saturated carbocycles. The fourth-order valence-corrected chi connectivity index (χ4v) is 2.63. The lowest BCUT2D eigenvalue weighted by atomic mass is 10.2. The number of rotatable bonds is 5. The standard InChI is InChI=1S/C20H16INO2/c1-23-17-10-12-19(13-11-17)24-18-8-6-16(7-9-18)22-14-15-4-2-3-5-20(15)21/h2-14H,1H3. The molecule has 3 nitrogen and oxygen atoms in total. The van der Waals surface area contributed by atoms with Crippen molar-refractivity contribution in [1.29, 1.82) is 0 Å². The highest BCUT2D eigenvalue weighted by atomic mass is 127. The van der Waals surface area contributed by atoms with Crippen LogP contribution in [0.3, 0.4) is 0 Å². The molecule has 3 aromatic carbocycles. The van der Waals surface area contributed by atoms with E-state index < -0.39 is 0 Å². The molecule has 0 saturated heterocycles. The summed E-state index contributed by atoms with van der Waals surface area (Å²) in [7, 11) is 1.64. The first-order chi connectivity index (χ1) is 11.7. The topological polar surface area (TPSA) is 30.8 Å². The van der Waals surface area contributed by atoms with E-state index in [1.807, 2.05) is 72.9 Å². The Morgan fingerprint density at radius 1 is 0.792 bits per heavy atom. The summed E-state index contributed by atoms with van der Waals surface area (Å²) < 4.78 is 12.1. The van der Waals surface area contributed by atoms with Gasteiger partial charge in [-0.2, -0.15) is 0 Å². The van der Waals surface area contributed by atoms with E-state index in [1.165, 1.54) is 3.57 Å². The molecule has 0 fully saturated rings. The molecule has 0 aliphatic carbocycles. The molecule has 0 atom stereocenters. The summed E-state index contributed by atoms with van der Waals surface area (Å²) in [4.78, 5) is 4.51. The van der Waals surface area contributed by atoms with Crippen molar-refractivity contribution in [3.8, 4) is 17.2 Å². The average molecular weight is 429 g/mol. The van der Waals surface area contributed by atoms with Gasteiger partial charge in [0.2, 0.25) is 0 Å². The molecule has 0 unspecified atom stereocenters. The highest BCUT2D eigenvalue weighted by Crippen LogP contribution is 2.25. The van der Waals surface area contributed by atoms with Gasteiger partial charge in [-0.15, -0.1) is 0 Å². The van der Waals surface area contributed by atoms with E-state index >= 15 is 0 Å². The largest absolute Gasteiger partial charge is 0.497 e. The van der Waals surface area contributed by atoms with Crippen molar-refractivity contribution >= 4 is 34.5 Å². The number of methoxy groups -OCH3 is 1. The fraction of sp³-hybridized carbons (Fsp3) is 0.0500. The van der Waals surface area contributed by atoms with Crippen molar-refractivity contribution in [2.75, 3.05) is 7.11 Å². The minimum Gasteiger partial charge on any atom is -0.497 e. The molecule has 0 aliphatic heterocycles. The van der Waals surface area contributed by atoms with E-state index in [0.29, 0.717) is 0 Å². The number of nitrogens with zero attached hydrogens (tertiary/aromatic N) is 1. The quantitative estimate of drug-likeness (QED) is 0.377. The second-order valence-electron chi connectivity index (χ2n) is 5.05. The summed E-state index contributed by atoms with van der Waals surface area (Å²) in [5.74, 6) is 2.35. The number of ether oxygens (including phenoxy) is 2. The van der Waals surface area contributed by atoms with Crippen LogP contribution in [0.15, 0.2) is 77.8 Å². The molecule has 0 N–H and O–H groups in total. The predicted octanol–water partition coefficient (Wildman–Crippen LogP) is 5.84. The fourth-order valence-electron chi connectivity index (χ4n) is 2.10. The first-order valence-corrected chi connectivity index (χ1v) is 8.53. The summed E-state index contributed by atoms with van der Waals surface area (Å²) in [6.45, 7) is 0. The third kappa shape index (κ3) is 4.35. The average Bonchev–Trinajstić information content (AvgIpc) is 2.63. The van der Waals surface area contributed by atoms with Gasteiger partial charge in [-0.05, 0) is 77.2 Å². The van der Waals surface area contributed by atoms with Crippen LogP contribution in [0.4, 0.5) is 5.69 Å². The van der Waals surface area contributed by atoms with Gasteiger partial charge in [-0.3, -0.25) is 4.99 Å². The smallest absolute Gasteiger partial charge is 0.127 e. The van der Waals surface area contributed by atoms with Gasteiger partial charge in [0.25, 0.3) is 0 Å². The van der Waals surface area contributed by atoms with Crippen LogP contribution in [0.2, 0.25) is 0 Å². The molecule has 0 spiro atoms. The van der Waals surface area contributed by atoms with Crippen molar-refractivity contribution in [3.05, 3.63) is 81.9 Å². The molecular weight excluding hydrogens is 413 g/mol.